The molecule has 0 aliphatic rings. The van der Waals surface area contributed by atoms with Gasteiger partial charge in [-0.2, -0.15) is 0 Å². The summed E-state index contributed by atoms with van der Waals surface area (Å²) in [5.41, 5.74) is 5.95. The normalized spacial score (nSPS) is 11.3. The van der Waals surface area contributed by atoms with Crippen LogP contribution >= 0.6 is 11.6 Å². The molecule has 2 rings (SSSR count). The number of hydrogen-bond donors (Lipinski definition) is 2. The van der Waals surface area contributed by atoms with E-state index in [1.165, 1.54) is 12.1 Å². The van der Waals surface area contributed by atoms with Crippen molar-refractivity contribution in [3.8, 4) is 0 Å². The van der Waals surface area contributed by atoms with Crippen molar-refractivity contribution in [2.75, 3.05) is 10.5 Å². The lowest BCUT2D eigenvalue weighted by Crippen LogP contribution is -2.16. The van der Waals surface area contributed by atoms with E-state index in [1.54, 1.807) is 25.1 Å². The van der Waals surface area contributed by atoms with E-state index in [1.807, 2.05) is 0 Å². The number of nitrogens with two attached hydrogens (primary N) is 1. The molecular formula is C13H12ClFN2O2S. The number of halogens is 2. The molecule has 0 heterocycles. The molecule has 0 saturated carbocycles. The Morgan fingerprint density at radius 2 is 1.85 bits per heavy atom. The van der Waals surface area contributed by atoms with Gasteiger partial charge in [-0.05, 0) is 36.8 Å². The third-order valence-corrected chi connectivity index (χ3v) is 4.65. The second-order valence-corrected chi connectivity index (χ2v) is 6.23. The molecule has 0 amide bonds. The van der Waals surface area contributed by atoms with Crippen LogP contribution in [-0.2, 0) is 10.0 Å². The Morgan fingerprint density at radius 3 is 2.55 bits per heavy atom. The first kappa shape index (κ1) is 14.6. The average Bonchev–Trinajstić information content (AvgIpc) is 2.38. The lowest BCUT2D eigenvalue weighted by molar-refractivity contribution is 0.597. The van der Waals surface area contributed by atoms with Crippen LogP contribution in [0.15, 0.2) is 41.3 Å². The molecule has 4 nitrogen and oxygen atoms in total. The van der Waals surface area contributed by atoms with Gasteiger partial charge in [0.05, 0.1) is 11.4 Å². The first-order valence-electron chi connectivity index (χ1n) is 5.65. The Hall–Kier alpha value is -1.79. The lowest BCUT2D eigenvalue weighted by Gasteiger charge is -2.13. The molecule has 0 aliphatic heterocycles. The monoisotopic (exact) mass is 314 g/mol. The van der Waals surface area contributed by atoms with Crippen molar-refractivity contribution in [1.29, 1.82) is 0 Å². The molecule has 0 unspecified atom stereocenters. The van der Waals surface area contributed by atoms with Crippen LogP contribution in [0.3, 0.4) is 0 Å². The number of nitrogen functional groups attached to an aromatic ring is 1. The fourth-order valence-electron chi connectivity index (χ4n) is 1.67. The summed E-state index contributed by atoms with van der Waals surface area (Å²) >= 11 is 5.93. The van der Waals surface area contributed by atoms with Gasteiger partial charge in [0.1, 0.15) is 10.7 Å². The Balaban J connectivity index is 2.47. The molecule has 106 valence electrons. The molecule has 0 saturated heterocycles. The van der Waals surface area contributed by atoms with Gasteiger partial charge in [0.15, 0.2) is 0 Å². The second kappa shape index (κ2) is 5.30. The highest BCUT2D eigenvalue weighted by Crippen LogP contribution is 2.27. The van der Waals surface area contributed by atoms with E-state index in [-0.39, 0.29) is 4.90 Å². The average molecular weight is 315 g/mol. The predicted octanol–water partition coefficient (Wildman–Crippen LogP) is 3.17. The van der Waals surface area contributed by atoms with Crippen molar-refractivity contribution < 1.29 is 12.8 Å². The molecule has 20 heavy (non-hydrogen) atoms. The molecule has 0 aliphatic carbocycles. The number of rotatable bonds is 3. The first-order valence-corrected chi connectivity index (χ1v) is 7.51. The summed E-state index contributed by atoms with van der Waals surface area (Å²) in [7, 11) is -3.98. The van der Waals surface area contributed by atoms with Crippen LogP contribution in [0.1, 0.15) is 5.56 Å². The maximum Gasteiger partial charge on any atom is 0.264 e. The van der Waals surface area contributed by atoms with E-state index >= 15 is 0 Å². The zero-order valence-electron chi connectivity index (χ0n) is 10.5. The third kappa shape index (κ3) is 2.71. The van der Waals surface area contributed by atoms with Gasteiger partial charge in [-0.3, -0.25) is 4.72 Å². The summed E-state index contributed by atoms with van der Waals surface area (Å²) in [5.74, 6) is -0.782. The van der Waals surface area contributed by atoms with Crippen LogP contribution in [0, 0.1) is 12.7 Å². The van der Waals surface area contributed by atoms with E-state index in [4.69, 9.17) is 17.3 Å². The van der Waals surface area contributed by atoms with Gasteiger partial charge in [-0.1, -0.05) is 23.7 Å². The van der Waals surface area contributed by atoms with Crippen LogP contribution in [-0.4, -0.2) is 8.42 Å². The van der Waals surface area contributed by atoms with E-state index in [9.17, 15) is 12.8 Å². The molecule has 0 atom stereocenters. The number of sulfonamides is 1. The van der Waals surface area contributed by atoms with Gasteiger partial charge in [0, 0.05) is 5.02 Å². The smallest absolute Gasteiger partial charge is 0.264 e. The molecular weight excluding hydrogens is 303 g/mol. The highest BCUT2D eigenvalue weighted by atomic mass is 35.5. The largest absolute Gasteiger partial charge is 0.395 e. The molecule has 7 heteroatoms. The number of nitrogens with one attached hydrogen (secondary N) is 1. The maximum absolute atomic E-state index is 13.4. The Bertz CT molecular complexity index is 763. The van der Waals surface area contributed by atoms with E-state index in [0.717, 1.165) is 6.07 Å². The molecule has 2 aromatic rings. The summed E-state index contributed by atoms with van der Waals surface area (Å²) in [4.78, 5) is -0.308. The highest BCUT2D eigenvalue weighted by Gasteiger charge is 2.20. The van der Waals surface area contributed by atoms with Gasteiger partial charge in [-0.25, -0.2) is 12.8 Å². The fraction of sp³-hybridized carbons (Fsp3) is 0.0769. The van der Waals surface area contributed by atoms with Crippen molar-refractivity contribution in [3.63, 3.8) is 0 Å². The summed E-state index contributed by atoms with van der Waals surface area (Å²) in [6.07, 6.45) is 0. The molecule has 0 fully saturated rings. The zero-order chi connectivity index (χ0) is 14.9. The minimum Gasteiger partial charge on any atom is -0.395 e. The van der Waals surface area contributed by atoms with E-state index < -0.39 is 21.5 Å². The van der Waals surface area contributed by atoms with Gasteiger partial charge >= 0.3 is 0 Å². The SMILES string of the molecule is Cc1c(Cl)cccc1NS(=O)(=O)c1cccc(F)c1N. The molecule has 3 N–H and O–H groups in total. The molecule has 0 bridgehead atoms. The fourth-order valence-corrected chi connectivity index (χ4v) is 3.11. The van der Waals surface area contributed by atoms with E-state index in [0.29, 0.717) is 16.3 Å². The number of benzene rings is 2. The topological polar surface area (TPSA) is 72.2 Å². The maximum atomic E-state index is 13.4. The van der Waals surface area contributed by atoms with Crippen LogP contribution < -0.4 is 10.5 Å². The summed E-state index contributed by atoms with van der Waals surface area (Å²) < 4.78 is 40.2. The van der Waals surface area contributed by atoms with Crippen LogP contribution in [0.25, 0.3) is 0 Å². The van der Waals surface area contributed by atoms with Crippen molar-refractivity contribution in [3.05, 3.63) is 52.8 Å². The van der Waals surface area contributed by atoms with Gasteiger partial charge in [0.25, 0.3) is 10.0 Å². The Labute approximate surface area is 121 Å². The van der Waals surface area contributed by atoms with Crippen molar-refractivity contribution in [2.24, 2.45) is 0 Å². The highest BCUT2D eigenvalue weighted by molar-refractivity contribution is 7.92. The standard InChI is InChI=1S/C13H12ClFN2O2S/c1-8-9(14)4-2-6-11(8)17-20(18,19)12-7-3-5-10(15)13(12)16/h2-7,17H,16H2,1H3. The first-order chi connectivity index (χ1) is 9.33. The minimum absolute atomic E-state index is 0.308. The zero-order valence-corrected chi connectivity index (χ0v) is 12.1. The molecule has 0 aromatic heterocycles. The summed E-state index contributed by atoms with van der Waals surface area (Å²) in [5, 5.41) is 0.428. The van der Waals surface area contributed by atoms with Crippen molar-refractivity contribution >= 4 is 33.0 Å². The summed E-state index contributed by atoms with van der Waals surface area (Å²) in [6.45, 7) is 1.68. The quantitative estimate of drug-likeness (QED) is 0.855. The Kier molecular flexibility index (Phi) is 3.87. The van der Waals surface area contributed by atoms with Crippen LogP contribution in [0.2, 0.25) is 5.02 Å². The van der Waals surface area contributed by atoms with Crippen LogP contribution in [0.4, 0.5) is 15.8 Å². The predicted molar refractivity (Wildman–Crippen MR) is 77.8 cm³/mol. The number of anilines is 2. The van der Waals surface area contributed by atoms with Gasteiger partial charge in [0.2, 0.25) is 0 Å². The Morgan fingerprint density at radius 1 is 1.20 bits per heavy atom. The second-order valence-electron chi connectivity index (χ2n) is 4.17. The van der Waals surface area contributed by atoms with Gasteiger partial charge in [-0.15, -0.1) is 0 Å². The molecule has 2 aromatic carbocycles. The third-order valence-electron chi connectivity index (χ3n) is 2.81. The van der Waals surface area contributed by atoms with Crippen LogP contribution in [0.5, 0.6) is 0 Å². The number of para-hydroxylation sites is 1. The number of hydrogen-bond acceptors (Lipinski definition) is 3. The minimum atomic E-state index is -3.98. The van der Waals surface area contributed by atoms with E-state index in [2.05, 4.69) is 4.72 Å². The van der Waals surface area contributed by atoms with Crippen molar-refractivity contribution in [2.45, 2.75) is 11.8 Å². The summed E-state index contributed by atoms with van der Waals surface area (Å²) in [6, 6.07) is 8.44. The van der Waals surface area contributed by atoms with Gasteiger partial charge < -0.3 is 5.73 Å². The lowest BCUT2D eigenvalue weighted by atomic mass is 10.2. The molecule has 0 radical (unpaired) electrons. The molecule has 0 spiro atoms. The van der Waals surface area contributed by atoms with Crippen molar-refractivity contribution in [1.82, 2.24) is 0 Å².